The summed E-state index contributed by atoms with van der Waals surface area (Å²) in [7, 11) is 0. The van der Waals surface area contributed by atoms with Gasteiger partial charge in [0.15, 0.2) is 0 Å². The number of rotatable bonds is 2. The number of aromatic nitrogens is 2. The van der Waals surface area contributed by atoms with Crippen LogP contribution in [0.25, 0.3) is 0 Å². The van der Waals surface area contributed by atoms with Crippen LogP contribution in [0.4, 0.5) is 5.13 Å². The zero-order chi connectivity index (χ0) is 8.39. The second kappa shape index (κ2) is 3.37. The summed E-state index contributed by atoms with van der Waals surface area (Å²) in [6.07, 6.45) is 3.33. The predicted molar refractivity (Wildman–Crippen MR) is 49.1 cm³/mol. The van der Waals surface area contributed by atoms with E-state index in [4.69, 9.17) is 5.73 Å². The van der Waals surface area contributed by atoms with Gasteiger partial charge in [-0.2, -0.15) is 0 Å². The molecule has 4 nitrogen and oxygen atoms in total. The Morgan fingerprint density at radius 1 is 1.58 bits per heavy atom. The molecule has 0 radical (unpaired) electrons. The normalized spacial score (nSPS) is 29.1. The molecular formula is C7H12N4S. The summed E-state index contributed by atoms with van der Waals surface area (Å²) >= 11 is 1.54. The molecule has 1 aliphatic carbocycles. The fourth-order valence-corrected chi connectivity index (χ4v) is 2.08. The van der Waals surface area contributed by atoms with Gasteiger partial charge in [-0.15, -0.1) is 10.2 Å². The molecule has 1 heterocycles. The summed E-state index contributed by atoms with van der Waals surface area (Å²) in [6, 6.07) is 0.878. The molecule has 1 aromatic rings. The van der Waals surface area contributed by atoms with Crippen molar-refractivity contribution in [2.24, 2.45) is 5.73 Å². The summed E-state index contributed by atoms with van der Waals surface area (Å²) in [5, 5.41) is 11.9. The Labute approximate surface area is 75.2 Å². The quantitative estimate of drug-likeness (QED) is 0.714. The highest BCUT2D eigenvalue weighted by Crippen LogP contribution is 2.21. The molecule has 1 aliphatic rings. The average Bonchev–Trinajstić information content (AvgIpc) is 2.63. The highest BCUT2D eigenvalue weighted by atomic mass is 32.1. The Balaban J connectivity index is 1.88. The molecule has 0 bridgehead atoms. The highest BCUT2D eigenvalue weighted by molar-refractivity contribution is 7.13. The third-order valence-corrected chi connectivity index (χ3v) is 2.78. The lowest BCUT2D eigenvalue weighted by molar-refractivity contribution is 0.687. The van der Waals surface area contributed by atoms with Gasteiger partial charge in [-0.25, -0.2) is 0 Å². The highest BCUT2D eigenvalue weighted by Gasteiger charge is 2.21. The van der Waals surface area contributed by atoms with Crippen LogP contribution in [-0.4, -0.2) is 22.3 Å². The molecule has 2 atom stereocenters. The van der Waals surface area contributed by atoms with E-state index in [0.717, 1.165) is 24.4 Å². The minimum atomic E-state index is 0.371. The Morgan fingerprint density at radius 3 is 3.08 bits per heavy atom. The SMILES string of the molecule is NC1CCC(Nc2nncs2)C1. The van der Waals surface area contributed by atoms with Crippen molar-refractivity contribution >= 4 is 16.5 Å². The van der Waals surface area contributed by atoms with Crippen LogP contribution in [0.1, 0.15) is 19.3 Å². The molecule has 0 saturated heterocycles. The van der Waals surface area contributed by atoms with Gasteiger partial charge in [0.1, 0.15) is 5.51 Å². The van der Waals surface area contributed by atoms with Crippen molar-refractivity contribution in [1.29, 1.82) is 0 Å². The molecule has 0 aromatic carbocycles. The molecule has 0 aliphatic heterocycles. The molecule has 1 fully saturated rings. The van der Waals surface area contributed by atoms with Gasteiger partial charge in [0, 0.05) is 12.1 Å². The second-order valence-corrected chi connectivity index (χ2v) is 3.99. The van der Waals surface area contributed by atoms with E-state index in [1.165, 1.54) is 11.3 Å². The first-order valence-corrected chi connectivity index (χ1v) is 5.01. The van der Waals surface area contributed by atoms with Crippen LogP contribution < -0.4 is 11.1 Å². The lowest BCUT2D eigenvalue weighted by Gasteiger charge is -2.09. The molecular weight excluding hydrogens is 172 g/mol. The van der Waals surface area contributed by atoms with Crippen LogP contribution in [0.3, 0.4) is 0 Å². The van der Waals surface area contributed by atoms with Crippen LogP contribution >= 0.6 is 11.3 Å². The molecule has 66 valence electrons. The van der Waals surface area contributed by atoms with E-state index < -0.39 is 0 Å². The molecule has 2 rings (SSSR count). The van der Waals surface area contributed by atoms with Crippen LogP contribution in [-0.2, 0) is 0 Å². The number of hydrogen-bond acceptors (Lipinski definition) is 5. The van der Waals surface area contributed by atoms with Gasteiger partial charge in [-0.05, 0) is 19.3 Å². The third-order valence-electron chi connectivity index (χ3n) is 2.16. The van der Waals surface area contributed by atoms with Gasteiger partial charge in [0.05, 0.1) is 0 Å². The van der Waals surface area contributed by atoms with Gasteiger partial charge in [0.2, 0.25) is 5.13 Å². The third kappa shape index (κ3) is 1.73. The smallest absolute Gasteiger partial charge is 0.205 e. The minimum Gasteiger partial charge on any atom is -0.357 e. The van der Waals surface area contributed by atoms with Gasteiger partial charge in [0.25, 0.3) is 0 Å². The summed E-state index contributed by atoms with van der Waals surface area (Å²) in [4.78, 5) is 0. The number of nitrogens with two attached hydrogens (primary N) is 1. The van der Waals surface area contributed by atoms with Crippen LogP contribution in [0, 0.1) is 0 Å². The summed E-state index contributed by atoms with van der Waals surface area (Å²) in [6.45, 7) is 0. The second-order valence-electron chi connectivity index (χ2n) is 3.16. The topological polar surface area (TPSA) is 63.8 Å². The van der Waals surface area contributed by atoms with Crippen molar-refractivity contribution < 1.29 is 0 Å². The Morgan fingerprint density at radius 2 is 2.50 bits per heavy atom. The maximum atomic E-state index is 5.78. The van der Waals surface area contributed by atoms with Crippen molar-refractivity contribution in [3.05, 3.63) is 5.51 Å². The molecule has 1 saturated carbocycles. The van der Waals surface area contributed by atoms with Crippen LogP contribution in [0.5, 0.6) is 0 Å². The van der Waals surface area contributed by atoms with Gasteiger partial charge >= 0.3 is 0 Å². The standard InChI is InChI=1S/C7H12N4S/c8-5-1-2-6(3-5)10-7-11-9-4-12-7/h4-6H,1-3,8H2,(H,10,11). The molecule has 1 aromatic heterocycles. The van der Waals surface area contributed by atoms with E-state index in [-0.39, 0.29) is 0 Å². The zero-order valence-corrected chi connectivity index (χ0v) is 7.55. The van der Waals surface area contributed by atoms with Crippen LogP contribution in [0.15, 0.2) is 5.51 Å². The first-order valence-electron chi connectivity index (χ1n) is 4.13. The number of nitrogens with zero attached hydrogens (tertiary/aromatic N) is 2. The molecule has 2 unspecified atom stereocenters. The Bertz CT molecular complexity index is 236. The van der Waals surface area contributed by atoms with E-state index in [1.54, 1.807) is 5.51 Å². The maximum absolute atomic E-state index is 5.78. The fraction of sp³-hybridized carbons (Fsp3) is 0.714. The molecule has 0 amide bonds. The van der Waals surface area contributed by atoms with Crippen molar-refractivity contribution in [2.45, 2.75) is 31.3 Å². The minimum absolute atomic E-state index is 0.371. The van der Waals surface area contributed by atoms with Gasteiger partial charge in [-0.1, -0.05) is 11.3 Å². The Kier molecular flexibility index (Phi) is 2.23. The van der Waals surface area contributed by atoms with Gasteiger partial charge < -0.3 is 11.1 Å². The lowest BCUT2D eigenvalue weighted by Crippen LogP contribution is -2.20. The van der Waals surface area contributed by atoms with Crippen molar-refractivity contribution in [2.75, 3.05) is 5.32 Å². The van der Waals surface area contributed by atoms with E-state index >= 15 is 0 Å². The maximum Gasteiger partial charge on any atom is 0.205 e. The van der Waals surface area contributed by atoms with E-state index in [2.05, 4.69) is 15.5 Å². The summed E-state index contributed by atoms with van der Waals surface area (Å²) < 4.78 is 0. The van der Waals surface area contributed by atoms with E-state index in [9.17, 15) is 0 Å². The lowest BCUT2D eigenvalue weighted by atomic mass is 10.2. The largest absolute Gasteiger partial charge is 0.357 e. The summed E-state index contributed by atoms with van der Waals surface area (Å²) in [5.74, 6) is 0. The number of hydrogen-bond donors (Lipinski definition) is 2. The zero-order valence-electron chi connectivity index (χ0n) is 6.73. The van der Waals surface area contributed by atoms with Crippen molar-refractivity contribution in [3.63, 3.8) is 0 Å². The monoisotopic (exact) mass is 184 g/mol. The summed E-state index contributed by atoms with van der Waals surface area (Å²) in [5.41, 5.74) is 7.51. The first kappa shape index (κ1) is 7.94. The molecule has 5 heteroatoms. The van der Waals surface area contributed by atoms with Gasteiger partial charge in [-0.3, -0.25) is 0 Å². The first-order chi connectivity index (χ1) is 5.84. The predicted octanol–water partition coefficient (Wildman–Crippen LogP) is 0.830. The van der Waals surface area contributed by atoms with Crippen molar-refractivity contribution in [3.8, 4) is 0 Å². The molecule has 3 N–H and O–H groups in total. The van der Waals surface area contributed by atoms with E-state index in [1.807, 2.05) is 0 Å². The molecule has 12 heavy (non-hydrogen) atoms. The van der Waals surface area contributed by atoms with Crippen LogP contribution in [0.2, 0.25) is 0 Å². The molecule has 0 spiro atoms. The average molecular weight is 184 g/mol. The van der Waals surface area contributed by atoms with E-state index in [0.29, 0.717) is 12.1 Å². The Hall–Kier alpha value is -0.680. The fourth-order valence-electron chi connectivity index (χ4n) is 1.56. The van der Waals surface area contributed by atoms with Crippen molar-refractivity contribution in [1.82, 2.24) is 10.2 Å². The number of nitrogens with one attached hydrogen (secondary N) is 1. The number of anilines is 1.